The van der Waals surface area contributed by atoms with Crippen molar-refractivity contribution in [1.82, 2.24) is 19.0 Å². The average Bonchev–Trinajstić information content (AvgIpc) is 3.58. The van der Waals surface area contributed by atoms with Crippen LogP contribution in [-0.2, 0) is 19.6 Å². The smallest absolute Gasteiger partial charge is 0.286 e. The van der Waals surface area contributed by atoms with Crippen molar-refractivity contribution in [3.05, 3.63) is 71.3 Å². The molecule has 1 aromatic heterocycles. The van der Waals surface area contributed by atoms with Crippen molar-refractivity contribution in [3.8, 4) is 16.9 Å². The number of carbonyl (C=O) groups excluding carboxylic acids is 1. The number of likely N-dealkylation sites (tertiary alicyclic amines) is 1. The van der Waals surface area contributed by atoms with E-state index in [1.54, 1.807) is 22.9 Å². The molecule has 40 heavy (non-hydrogen) atoms. The summed E-state index contributed by atoms with van der Waals surface area (Å²) in [6, 6.07) is 16.5. The fraction of sp³-hybridized carbons (Fsp3) is 0.345. The Morgan fingerprint density at radius 3 is 2.62 bits per heavy atom. The zero-order valence-electron chi connectivity index (χ0n) is 22.3. The summed E-state index contributed by atoms with van der Waals surface area (Å²) in [5.74, 6) is 0.303. The van der Waals surface area contributed by atoms with E-state index in [1.165, 1.54) is 22.5 Å². The average molecular weight is 578 g/mol. The minimum atomic E-state index is -3.68. The Kier molecular flexibility index (Phi) is 7.63. The first-order valence-corrected chi connectivity index (χ1v) is 15.7. The molecule has 9 nitrogen and oxygen atoms in total. The molecule has 3 aromatic rings. The quantitative estimate of drug-likeness (QED) is 0.418. The van der Waals surface area contributed by atoms with Crippen LogP contribution in [-0.4, -0.2) is 77.9 Å². The predicted octanol–water partition coefficient (Wildman–Crippen LogP) is 4.26. The van der Waals surface area contributed by atoms with E-state index in [0.717, 1.165) is 30.4 Å². The Hall–Kier alpha value is -3.25. The number of aromatic nitrogens is 2. The Morgan fingerprint density at radius 2 is 1.85 bits per heavy atom. The number of sulfonamides is 1. The van der Waals surface area contributed by atoms with Crippen molar-refractivity contribution in [2.24, 2.45) is 10.9 Å². The summed E-state index contributed by atoms with van der Waals surface area (Å²) < 4.78 is 35.3. The highest BCUT2D eigenvalue weighted by atomic mass is 32.2. The standard InChI is InChI=1S/C29H31N5O4S2/c1-21-7-6-12-32(19-21)29-30-28(35)26(39-29)18-23-20-34(24-9-3-2-4-10-24)31-27(23)22-8-5-11-25(17-22)40(36,37)33-13-15-38-16-14-33/h2-5,8-11,17-18,20-21H,6-7,12-16,19H2,1H3/b26-18-. The first kappa shape index (κ1) is 26.9. The Bertz CT molecular complexity index is 1580. The van der Waals surface area contributed by atoms with Crippen molar-refractivity contribution in [2.75, 3.05) is 39.4 Å². The molecule has 3 aliphatic rings. The maximum absolute atomic E-state index is 13.4. The Morgan fingerprint density at radius 1 is 1.05 bits per heavy atom. The Labute approximate surface area is 238 Å². The van der Waals surface area contributed by atoms with Crippen LogP contribution in [0.15, 0.2) is 75.6 Å². The molecule has 0 aliphatic carbocycles. The molecule has 0 spiro atoms. The van der Waals surface area contributed by atoms with Gasteiger partial charge in [-0.2, -0.15) is 14.4 Å². The second kappa shape index (κ2) is 11.3. The van der Waals surface area contributed by atoms with E-state index >= 15 is 0 Å². The third-order valence-electron chi connectivity index (χ3n) is 7.30. The molecule has 1 atom stereocenters. The van der Waals surface area contributed by atoms with E-state index in [-0.39, 0.29) is 10.8 Å². The highest BCUT2D eigenvalue weighted by Gasteiger charge is 2.30. The first-order chi connectivity index (χ1) is 19.4. The van der Waals surface area contributed by atoms with E-state index in [2.05, 4.69) is 16.8 Å². The van der Waals surface area contributed by atoms with Crippen LogP contribution in [0.4, 0.5) is 0 Å². The molecule has 0 saturated carbocycles. The number of carbonyl (C=O) groups is 1. The molecule has 2 saturated heterocycles. The van der Waals surface area contributed by atoms with Gasteiger partial charge in [0.2, 0.25) is 10.0 Å². The molecule has 1 unspecified atom stereocenters. The molecular weight excluding hydrogens is 546 g/mol. The number of benzene rings is 2. The number of amidine groups is 1. The van der Waals surface area contributed by atoms with E-state index in [0.29, 0.717) is 53.9 Å². The molecule has 2 aromatic carbocycles. The van der Waals surface area contributed by atoms with Gasteiger partial charge < -0.3 is 9.64 Å². The highest BCUT2D eigenvalue weighted by molar-refractivity contribution is 8.18. The highest BCUT2D eigenvalue weighted by Crippen LogP contribution is 2.35. The van der Waals surface area contributed by atoms with E-state index in [4.69, 9.17) is 9.84 Å². The molecule has 3 aliphatic heterocycles. The number of amides is 1. The summed E-state index contributed by atoms with van der Waals surface area (Å²) in [5.41, 5.74) is 2.81. The summed E-state index contributed by atoms with van der Waals surface area (Å²) in [6.07, 6.45) is 5.97. The molecule has 4 heterocycles. The molecule has 11 heteroatoms. The molecule has 0 bridgehead atoms. The topological polar surface area (TPSA) is 97.1 Å². The van der Waals surface area contributed by atoms with Crippen LogP contribution in [0.5, 0.6) is 0 Å². The number of ether oxygens (including phenoxy) is 1. The normalized spacial score (nSPS) is 21.7. The van der Waals surface area contributed by atoms with Crippen LogP contribution in [0, 0.1) is 5.92 Å². The fourth-order valence-electron chi connectivity index (χ4n) is 5.21. The number of para-hydroxylation sites is 1. The molecule has 0 N–H and O–H groups in total. The van der Waals surface area contributed by atoms with Gasteiger partial charge in [-0.15, -0.1) is 0 Å². The first-order valence-electron chi connectivity index (χ1n) is 13.5. The summed E-state index contributed by atoms with van der Waals surface area (Å²) >= 11 is 1.39. The maximum atomic E-state index is 13.4. The zero-order chi connectivity index (χ0) is 27.7. The van der Waals surface area contributed by atoms with Gasteiger partial charge in [0.1, 0.15) is 5.69 Å². The van der Waals surface area contributed by atoms with E-state index in [1.807, 2.05) is 48.7 Å². The van der Waals surface area contributed by atoms with Gasteiger partial charge >= 0.3 is 0 Å². The van der Waals surface area contributed by atoms with Crippen LogP contribution in [0.2, 0.25) is 0 Å². The molecular formula is C29H31N5O4S2. The van der Waals surface area contributed by atoms with Gasteiger partial charge in [0.25, 0.3) is 5.91 Å². The van der Waals surface area contributed by atoms with Crippen molar-refractivity contribution in [3.63, 3.8) is 0 Å². The van der Waals surface area contributed by atoms with Gasteiger partial charge in [0, 0.05) is 43.5 Å². The van der Waals surface area contributed by atoms with Crippen molar-refractivity contribution < 1.29 is 17.9 Å². The predicted molar refractivity (Wildman–Crippen MR) is 157 cm³/mol. The number of piperidine rings is 1. The molecule has 2 fully saturated rings. The zero-order valence-corrected chi connectivity index (χ0v) is 23.9. The lowest BCUT2D eigenvalue weighted by molar-refractivity contribution is -0.113. The summed E-state index contributed by atoms with van der Waals surface area (Å²) in [4.78, 5) is 20.3. The van der Waals surface area contributed by atoms with Crippen molar-refractivity contribution in [2.45, 2.75) is 24.7 Å². The van der Waals surface area contributed by atoms with Gasteiger partial charge in [-0.3, -0.25) is 4.79 Å². The van der Waals surface area contributed by atoms with E-state index < -0.39 is 10.0 Å². The number of hydrogen-bond donors (Lipinski definition) is 0. The van der Waals surface area contributed by atoms with Crippen LogP contribution < -0.4 is 0 Å². The van der Waals surface area contributed by atoms with Crippen LogP contribution >= 0.6 is 11.8 Å². The van der Waals surface area contributed by atoms with Gasteiger partial charge in [-0.05, 0) is 60.9 Å². The lowest BCUT2D eigenvalue weighted by Gasteiger charge is -2.31. The lowest BCUT2D eigenvalue weighted by atomic mass is 10.0. The van der Waals surface area contributed by atoms with Crippen LogP contribution in [0.25, 0.3) is 23.0 Å². The van der Waals surface area contributed by atoms with E-state index in [9.17, 15) is 13.2 Å². The molecule has 6 rings (SSSR count). The largest absolute Gasteiger partial charge is 0.379 e. The third-order valence-corrected chi connectivity index (χ3v) is 10.2. The van der Waals surface area contributed by atoms with Gasteiger partial charge in [-0.1, -0.05) is 37.3 Å². The minimum absolute atomic E-state index is 0.205. The second-order valence-corrected chi connectivity index (χ2v) is 13.2. The number of rotatable bonds is 5. The summed E-state index contributed by atoms with van der Waals surface area (Å²) in [7, 11) is -3.68. The SMILES string of the molecule is CC1CCCN(C2=NC(=O)/C(=C/c3cn(-c4ccccc4)nc3-c3cccc(S(=O)(=O)N4CCOCC4)c3)S2)C1. The second-order valence-electron chi connectivity index (χ2n) is 10.3. The maximum Gasteiger partial charge on any atom is 0.286 e. The minimum Gasteiger partial charge on any atom is -0.379 e. The van der Waals surface area contributed by atoms with Crippen LogP contribution in [0.1, 0.15) is 25.3 Å². The van der Waals surface area contributed by atoms with Crippen molar-refractivity contribution in [1.29, 1.82) is 0 Å². The van der Waals surface area contributed by atoms with Crippen molar-refractivity contribution >= 4 is 38.9 Å². The monoisotopic (exact) mass is 577 g/mol. The number of nitrogens with zero attached hydrogens (tertiary/aromatic N) is 5. The molecule has 0 radical (unpaired) electrons. The van der Waals surface area contributed by atoms with Gasteiger partial charge in [0.05, 0.1) is 28.7 Å². The third kappa shape index (κ3) is 5.51. The lowest BCUT2D eigenvalue weighted by Crippen LogP contribution is -2.40. The Balaban J connectivity index is 1.37. The van der Waals surface area contributed by atoms with Gasteiger partial charge in [-0.25, -0.2) is 13.1 Å². The number of hydrogen-bond acceptors (Lipinski definition) is 7. The summed E-state index contributed by atoms with van der Waals surface area (Å²) in [5, 5.41) is 5.60. The number of morpholine rings is 1. The number of aliphatic imine (C=N–C) groups is 1. The molecule has 208 valence electrons. The molecule has 1 amide bonds. The van der Waals surface area contributed by atoms with Gasteiger partial charge in [0.15, 0.2) is 5.17 Å². The van der Waals surface area contributed by atoms with Crippen LogP contribution in [0.3, 0.4) is 0 Å². The number of thioether (sulfide) groups is 1. The summed E-state index contributed by atoms with van der Waals surface area (Å²) in [6.45, 7) is 5.43. The fourth-order valence-corrected chi connectivity index (χ4v) is 7.60.